The molecule has 2 aromatic heterocycles. The molecule has 29 heavy (non-hydrogen) atoms. The smallest absolute Gasteiger partial charge is 0.227 e. The van der Waals surface area contributed by atoms with Crippen molar-refractivity contribution in [3.05, 3.63) is 60.2 Å². The van der Waals surface area contributed by atoms with E-state index in [0.717, 1.165) is 36.0 Å². The summed E-state index contributed by atoms with van der Waals surface area (Å²) in [5, 5.41) is 4.25. The van der Waals surface area contributed by atoms with Crippen LogP contribution in [0.15, 0.2) is 48.8 Å². The molecule has 0 spiro atoms. The van der Waals surface area contributed by atoms with Gasteiger partial charge in [-0.05, 0) is 30.7 Å². The fourth-order valence-corrected chi connectivity index (χ4v) is 3.44. The molecule has 0 atom stereocenters. The summed E-state index contributed by atoms with van der Waals surface area (Å²) >= 11 is 0. The minimum absolute atomic E-state index is 0.144. The fourth-order valence-electron chi connectivity index (χ4n) is 3.44. The molecule has 3 aromatic rings. The Hall–Kier alpha value is -3.42. The van der Waals surface area contributed by atoms with Crippen LogP contribution in [0.5, 0.6) is 5.75 Å². The van der Waals surface area contributed by atoms with Gasteiger partial charge >= 0.3 is 0 Å². The summed E-state index contributed by atoms with van der Waals surface area (Å²) in [6.45, 7) is 4.71. The van der Waals surface area contributed by atoms with Gasteiger partial charge in [-0.15, -0.1) is 0 Å². The summed E-state index contributed by atoms with van der Waals surface area (Å²) in [5.74, 6) is 3.25. The standard InChI is InChI=1S/C21H24N6O2/c1-16-23-19(15-20(24-16)27-9-3-8-22-27)25-10-12-26(13-11-25)21(28)14-17-4-6-18(29-2)7-5-17/h3-9,15H,10-14H2,1-2H3. The van der Waals surface area contributed by atoms with Gasteiger partial charge in [-0.3, -0.25) is 4.79 Å². The normalized spacial score (nSPS) is 14.1. The van der Waals surface area contributed by atoms with E-state index in [0.29, 0.717) is 25.3 Å². The van der Waals surface area contributed by atoms with Gasteiger partial charge in [-0.25, -0.2) is 14.6 Å². The molecule has 0 bridgehead atoms. The van der Waals surface area contributed by atoms with Crippen molar-refractivity contribution in [2.45, 2.75) is 13.3 Å². The number of carbonyl (C=O) groups excluding carboxylic acids is 1. The van der Waals surface area contributed by atoms with Gasteiger partial charge in [0.25, 0.3) is 0 Å². The maximum absolute atomic E-state index is 12.7. The number of nitrogens with zero attached hydrogens (tertiary/aromatic N) is 6. The molecule has 1 aromatic carbocycles. The highest BCUT2D eigenvalue weighted by molar-refractivity contribution is 5.79. The molecule has 1 aliphatic rings. The lowest BCUT2D eigenvalue weighted by Gasteiger charge is -2.35. The Balaban J connectivity index is 1.38. The van der Waals surface area contributed by atoms with Crippen LogP contribution < -0.4 is 9.64 Å². The molecule has 0 N–H and O–H groups in total. The molecule has 8 nitrogen and oxygen atoms in total. The van der Waals surface area contributed by atoms with Crippen molar-refractivity contribution < 1.29 is 9.53 Å². The number of piperazine rings is 1. The van der Waals surface area contributed by atoms with E-state index in [9.17, 15) is 4.79 Å². The third-order valence-corrected chi connectivity index (χ3v) is 5.02. The average Bonchev–Trinajstić information content (AvgIpc) is 3.29. The SMILES string of the molecule is COc1ccc(CC(=O)N2CCN(c3cc(-n4cccn4)nc(C)n3)CC2)cc1. The van der Waals surface area contributed by atoms with Crippen LogP contribution in [0.25, 0.3) is 5.82 Å². The second-order valence-electron chi connectivity index (χ2n) is 6.97. The largest absolute Gasteiger partial charge is 0.497 e. The van der Waals surface area contributed by atoms with Gasteiger partial charge < -0.3 is 14.5 Å². The highest BCUT2D eigenvalue weighted by Gasteiger charge is 2.22. The van der Waals surface area contributed by atoms with Crippen LogP contribution in [0.4, 0.5) is 5.82 Å². The first-order chi connectivity index (χ1) is 14.1. The zero-order chi connectivity index (χ0) is 20.2. The zero-order valence-corrected chi connectivity index (χ0v) is 16.7. The average molecular weight is 392 g/mol. The first-order valence-electron chi connectivity index (χ1n) is 9.64. The molecule has 0 aliphatic carbocycles. The Morgan fingerprint density at radius 1 is 1.07 bits per heavy atom. The molecule has 150 valence electrons. The molecule has 0 unspecified atom stereocenters. The van der Waals surface area contributed by atoms with Crippen molar-refractivity contribution in [2.24, 2.45) is 0 Å². The summed E-state index contributed by atoms with van der Waals surface area (Å²) in [5.41, 5.74) is 0.994. The molecule has 0 saturated carbocycles. The number of benzene rings is 1. The molecule has 1 aliphatic heterocycles. The Bertz CT molecular complexity index is 963. The van der Waals surface area contributed by atoms with E-state index >= 15 is 0 Å². The minimum atomic E-state index is 0.144. The topological polar surface area (TPSA) is 76.4 Å². The van der Waals surface area contributed by atoms with E-state index in [1.807, 2.05) is 54.4 Å². The Morgan fingerprint density at radius 3 is 2.45 bits per heavy atom. The Labute approximate surface area is 169 Å². The number of aromatic nitrogens is 4. The predicted octanol–water partition coefficient (Wildman–Crippen LogP) is 1.87. The monoisotopic (exact) mass is 392 g/mol. The number of rotatable bonds is 5. The molecule has 4 rings (SSSR count). The van der Waals surface area contributed by atoms with E-state index in [4.69, 9.17) is 4.74 Å². The van der Waals surface area contributed by atoms with E-state index in [1.54, 1.807) is 18.0 Å². The second-order valence-corrected chi connectivity index (χ2v) is 6.97. The van der Waals surface area contributed by atoms with Crippen LogP contribution >= 0.6 is 0 Å². The Kier molecular flexibility index (Phi) is 5.41. The van der Waals surface area contributed by atoms with E-state index in [-0.39, 0.29) is 5.91 Å². The van der Waals surface area contributed by atoms with Crippen LogP contribution in [0.2, 0.25) is 0 Å². The number of aryl methyl sites for hydroxylation is 1. The summed E-state index contributed by atoms with van der Waals surface area (Å²) < 4.78 is 6.90. The highest BCUT2D eigenvalue weighted by atomic mass is 16.5. The summed E-state index contributed by atoms with van der Waals surface area (Å²) in [6.07, 6.45) is 3.99. The van der Waals surface area contributed by atoms with Crippen LogP contribution in [-0.2, 0) is 11.2 Å². The molecule has 0 radical (unpaired) electrons. The van der Waals surface area contributed by atoms with Gasteiger partial charge in [0.15, 0.2) is 5.82 Å². The lowest BCUT2D eigenvalue weighted by Crippen LogP contribution is -2.49. The van der Waals surface area contributed by atoms with Crippen molar-refractivity contribution in [1.82, 2.24) is 24.6 Å². The second kappa shape index (κ2) is 8.30. The lowest BCUT2D eigenvalue weighted by atomic mass is 10.1. The van der Waals surface area contributed by atoms with E-state index in [1.165, 1.54) is 0 Å². The van der Waals surface area contributed by atoms with Gasteiger partial charge in [-0.2, -0.15) is 5.10 Å². The lowest BCUT2D eigenvalue weighted by molar-refractivity contribution is -0.130. The third-order valence-electron chi connectivity index (χ3n) is 5.02. The van der Waals surface area contributed by atoms with Crippen molar-refractivity contribution in [3.63, 3.8) is 0 Å². The molecule has 3 heterocycles. The van der Waals surface area contributed by atoms with Crippen molar-refractivity contribution in [3.8, 4) is 11.6 Å². The van der Waals surface area contributed by atoms with E-state index < -0.39 is 0 Å². The number of ether oxygens (including phenoxy) is 1. The third kappa shape index (κ3) is 4.37. The fraction of sp³-hybridized carbons (Fsp3) is 0.333. The number of anilines is 1. The molecular formula is C21H24N6O2. The quantitative estimate of drug-likeness (QED) is 0.660. The molecule has 1 saturated heterocycles. The first kappa shape index (κ1) is 18.9. The van der Waals surface area contributed by atoms with Crippen LogP contribution in [0.1, 0.15) is 11.4 Å². The maximum Gasteiger partial charge on any atom is 0.227 e. The minimum Gasteiger partial charge on any atom is -0.497 e. The first-order valence-corrected chi connectivity index (χ1v) is 9.64. The summed E-state index contributed by atoms with van der Waals surface area (Å²) in [4.78, 5) is 25.8. The van der Waals surface area contributed by atoms with Crippen LogP contribution in [0, 0.1) is 6.92 Å². The molecule has 8 heteroatoms. The predicted molar refractivity (Wildman–Crippen MR) is 109 cm³/mol. The number of hydrogen-bond donors (Lipinski definition) is 0. The molecular weight excluding hydrogens is 368 g/mol. The van der Waals surface area contributed by atoms with Crippen LogP contribution in [0.3, 0.4) is 0 Å². The number of amides is 1. The number of hydrogen-bond acceptors (Lipinski definition) is 6. The van der Waals surface area contributed by atoms with Gasteiger partial charge in [0.1, 0.15) is 17.4 Å². The maximum atomic E-state index is 12.7. The van der Waals surface area contributed by atoms with Crippen molar-refractivity contribution in [1.29, 1.82) is 0 Å². The van der Waals surface area contributed by atoms with E-state index in [2.05, 4.69) is 20.0 Å². The molecule has 1 amide bonds. The van der Waals surface area contributed by atoms with Crippen molar-refractivity contribution in [2.75, 3.05) is 38.2 Å². The zero-order valence-electron chi connectivity index (χ0n) is 16.7. The van der Waals surface area contributed by atoms with Crippen LogP contribution in [-0.4, -0.2) is 63.8 Å². The number of methoxy groups -OCH3 is 1. The van der Waals surface area contributed by atoms with Crippen molar-refractivity contribution >= 4 is 11.7 Å². The van der Waals surface area contributed by atoms with Gasteiger partial charge in [-0.1, -0.05) is 12.1 Å². The van der Waals surface area contributed by atoms with Gasteiger partial charge in [0.05, 0.1) is 13.5 Å². The van der Waals surface area contributed by atoms with Gasteiger partial charge in [0.2, 0.25) is 5.91 Å². The summed E-state index contributed by atoms with van der Waals surface area (Å²) in [6, 6.07) is 11.4. The van der Waals surface area contributed by atoms with Gasteiger partial charge in [0, 0.05) is 44.6 Å². The number of carbonyl (C=O) groups is 1. The molecule has 1 fully saturated rings. The Morgan fingerprint density at radius 2 is 1.79 bits per heavy atom. The summed E-state index contributed by atoms with van der Waals surface area (Å²) in [7, 11) is 1.64. The highest BCUT2D eigenvalue weighted by Crippen LogP contribution is 2.18.